The average molecular weight is 424 g/mol. The summed E-state index contributed by atoms with van der Waals surface area (Å²) in [7, 11) is -3.14. The molecule has 6 nitrogen and oxygen atoms in total. The topological polar surface area (TPSA) is 78.5 Å². The summed E-state index contributed by atoms with van der Waals surface area (Å²) in [6, 6.07) is 0.603. The average Bonchev–Trinajstić information content (AvgIpc) is 2.92. The molecule has 0 atom stereocenters. The van der Waals surface area contributed by atoms with Crippen molar-refractivity contribution in [3.05, 3.63) is 0 Å². The Bertz CT molecular complexity index is 514. The van der Waals surface area contributed by atoms with E-state index >= 15 is 0 Å². The maximum atomic E-state index is 12.3. The predicted molar refractivity (Wildman–Crippen MR) is 113 cm³/mol. The van der Waals surface area contributed by atoms with Gasteiger partial charge in [-0.25, -0.2) is 12.7 Å². The number of carbonyl (C=O) groups excluding carboxylic acids is 1. The van der Waals surface area contributed by atoms with Crippen molar-refractivity contribution in [2.45, 2.75) is 77.2 Å². The van der Waals surface area contributed by atoms with E-state index in [1.54, 1.807) is 4.31 Å². The molecule has 2 N–H and O–H groups in total. The molecule has 2 aliphatic rings. The van der Waals surface area contributed by atoms with Gasteiger partial charge in [-0.05, 0) is 32.1 Å². The standard InChI is InChI=1S/C19H37N3O3S.ClH/c1-2-3-16-26(24,25)22-14-10-17(11-15-22)19(23)21-13-12-20-18-8-6-4-5-7-9-18;/h17-18,20H,2-16H2,1H3,(H,21,23);1H. The van der Waals surface area contributed by atoms with Crippen molar-refractivity contribution in [2.75, 3.05) is 31.9 Å². The van der Waals surface area contributed by atoms with Crippen LogP contribution < -0.4 is 10.6 Å². The predicted octanol–water partition coefficient (Wildman–Crippen LogP) is 2.68. The zero-order valence-electron chi connectivity index (χ0n) is 16.7. The molecule has 0 aromatic rings. The van der Waals surface area contributed by atoms with Gasteiger partial charge in [0.2, 0.25) is 15.9 Å². The Hall–Kier alpha value is -0.370. The van der Waals surface area contributed by atoms with Gasteiger partial charge in [-0.15, -0.1) is 12.4 Å². The Morgan fingerprint density at radius 1 is 1.00 bits per heavy atom. The molecule has 1 aliphatic heterocycles. The molecule has 0 unspecified atom stereocenters. The number of piperidine rings is 1. The Morgan fingerprint density at radius 2 is 1.63 bits per heavy atom. The van der Waals surface area contributed by atoms with Gasteiger partial charge in [0, 0.05) is 38.1 Å². The monoisotopic (exact) mass is 423 g/mol. The molecule has 2 fully saturated rings. The van der Waals surface area contributed by atoms with Crippen molar-refractivity contribution in [3.8, 4) is 0 Å². The van der Waals surface area contributed by atoms with Crippen LogP contribution >= 0.6 is 12.4 Å². The minimum Gasteiger partial charge on any atom is -0.355 e. The summed E-state index contributed by atoms with van der Waals surface area (Å²) >= 11 is 0. The highest BCUT2D eigenvalue weighted by Gasteiger charge is 2.30. The van der Waals surface area contributed by atoms with Gasteiger partial charge in [-0.3, -0.25) is 4.79 Å². The number of hydrogen-bond donors (Lipinski definition) is 2. The van der Waals surface area contributed by atoms with Crippen LogP contribution in [0.3, 0.4) is 0 Å². The van der Waals surface area contributed by atoms with Crippen LogP contribution in [0.1, 0.15) is 71.1 Å². The molecule has 8 heteroatoms. The molecule has 1 saturated heterocycles. The Labute approximate surface area is 171 Å². The number of unbranched alkanes of at least 4 members (excludes halogenated alkanes) is 1. The fraction of sp³-hybridized carbons (Fsp3) is 0.947. The van der Waals surface area contributed by atoms with Gasteiger partial charge >= 0.3 is 0 Å². The lowest BCUT2D eigenvalue weighted by Crippen LogP contribution is -2.45. The fourth-order valence-corrected chi connectivity index (χ4v) is 5.62. The summed E-state index contributed by atoms with van der Waals surface area (Å²) < 4.78 is 26.0. The molecule has 160 valence electrons. The van der Waals surface area contributed by atoms with E-state index < -0.39 is 10.0 Å². The summed E-state index contributed by atoms with van der Waals surface area (Å²) in [5.41, 5.74) is 0. The van der Waals surface area contributed by atoms with Gasteiger partial charge in [0.15, 0.2) is 0 Å². The normalized spacial score (nSPS) is 20.6. The lowest BCUT2D eigenvalue weighted by atomic mass is 9.97. The number of nitrogens with zero attached hydrogens (tertiary/aromatic N) is 1. The van der Waals surface area contributed by atoms with Gasteiger partial charge in [0.1, 0.15) is 0 Å². The third kappa shape index (κ3) is 8.67. The van der Waals surface area contributed by atoms with E-state index in [-0.39, 0.29) is 30.0 Å². The SMILES string of the molecule is CCCCS(=O)(=O)N1CCC(C(=O)NCCNC2CCCCCC2)CC1.Cl. The second-order valence-electron chi connectivity index (χ2n) is 7.78. The van der Waals surface area contributed by atoms with Crippen LogP contribution in [0.4, 0.5) is 0 Å². The summed E-state index contributed by atoms with van der Waals surface area (Å²) in [5, 5.41) is 6.59. The van der Waals surface area contributed by atoms with E-state index in [9.17, 15) is 13.2 Å². The molecule has 0 bridgehead atoms. The van der Waals surface area contributed by atoms with Crippen molar-refractivity contribution in [3.63, 3.8) is 0 Å². The molecule has 0 radical (unpaired) electrons. The van der Waals surface area contributed by atoms with E-state index in [1.165, 1.54) is 38.5 Å². The van der Waals surface area contributed by atoms with Crippen molar-refractivity contribution in [1.29, 1.82) is 0 Å². The molecule has 1 saturated carbocycles. The van der Waals surface area contributed by atoms with Gasteiger partial charge in [-0.2, -0.15) is 0 Å². The van der Waals surface area contributed by atoms with E-state index in [0.717, 1.165) is 13.0 Å². The maximum Gasteiger partial charge on any atom is 0.223 e. The van der Waals surface area contributed by atoms with Crippen LogP contribution in [0.2, 0.25) is 0 Å². The molecule has 0 spiro atoms. The molecule has 1 aliphatic carbocycles. The lowest BCUT2D eigenvalue weighted by Gasteiger charge is -2.30. The highest BCUT2D eigenvalue weighted by atomic mass is 35.5. The zero-order chi connectivity index (χ0) is 18.8. The Balaban J connectivity index is 0.00000364. The molecule has 1 amide bonds. The van der Waals surface area contributed by atoms with Crippen LogP contribution in [-0.4, -0.2) is 56.6 Å². The molecular formula is C19H38ClN3O3S. The Kier molecular flexibility index (Phi) is 11.8. The number of hydrogen-bond acceptors (Lipinski definition) is 4. The number of carbonyl (C=O) groups is 1. The number of sulfonamides is 1. The van der Waals surface area contributed by atoms with Crippen LogP contribution in [0.5, 0.6) is 0 Å². The first-order chi connectivity index (χ1) is 12.5. The first-order valence-electron chi connectivity index (χ1n) is 10.5. The van der Waals surface area contributed by atoms with Crippen LogP contribution in [0, 0.1) is 5.92 Å². The lowest BCUT2D eigenvalue weighted by molar-refractivity contribution is -0.126. The summed E-state index contributed by atoms with van der Waals surface area (Å²) in [4.78, 5) is 12.3. The molecule has 2 rings (SSSR count). The zero-order valence-corrected chi connectivity index (χ0v) is 18.4. The summed E-state index contributed by atoms with van der Waals surface area (Å²) in [6.07, 6.45) is 10.7. The number of nitrogens with one attached hydrogen (secondary N) is 2. The minimum absolute atomic E-state index is 0. The van der Waals surface area contributed by atoms with Gasteiger partial charge in [-0.1, -0.05) is 39.0 Å². The maximum absolute atomic E-state index is 12.3. The first kappa shape index (κ1) is 24.7. The van der Waals surface area contributed by atoms with E-state index in [1.807, 2.05) is 6.92 Å². The number of amides is 1. The third-order valence-electron chi connectivity index (χ3n) is 5.69. The van der Waals surface area contributed by atoms with Crippen molar-refractivity contribution in [2.24, 2.45) is 5.92 Å². The molecule has 1 heterocycles. The highest BCUT2D eigenvalue weighted by molar-refractivity contribution is 7.89. The van der Waals surface area contributed by atoms with Crippen molar-refractivity contribution in [1.82, 2.24) is 14.9 Å². The first-order valence-corrected chi connectivity index (χ1v) is 12.1. The second kappa shape index (κ2) is 13.0. The van der Waals surface area contributed by atoms with Crippen molar-refractivity contribution >= 4 is 28.3 Å². The van der Waals surface area contributed by atoms with E-state index in [2.05, 4.69) is 10.6 Å². The van der Waals surface area contributed by atoms with E-state index in [0.29, 0.717) is 44.9 Å². The molecular weight excluding hydrogens is 386 g/mol. The smallest absolute Gasteiger partial charge is 0.223 e. The quantitative estimate of drug-likeness (QED) is 0.441. The minimum atomic E-state index is -3.14. The van der Waals surface area contributed by atoms with Gasteiger partial charge < -0.3 is 10.6 Å². The van der Waals surface area contributed by atoms with E-state index in [4.69, 9.17) is 0 Å². The van der Waals surface area contributed by atoms with Crippen LogP contribution in [-0.2, 0) is 14.8 Å². The molecule has 0 aromatic heterocycles. The second-order valence-corrected chi connectivity index (χ2v) is 9.86. The van der Waals surface area contributed by atoms with Gasteiger partial charge in [0.25, 0.3) is 0 Å². The Morgan fingerprint density at radius 3 is 2.22 bits per heavy atom. The summed E-state index contributed by atoms with van der Waals surface area (Å²) in [6.45, 7) is 4.43. The largest absolute Gasteiger partial charge is 0.355 e. The van der Waals surface area contributed by atoms with Crippen molar-refractivity contribution < 1.29 is 13.2 Å². The van der Waals surface area contributed by atoms with Crippen LogP contribution in [0.25, 0.3) is 0 Å². The number of rotatable bonds is 9. The third-order valence-corrected chi connectivity index (χ3v) is 7.64. The molecule has 0 aromatic carbocycles. The van der Waals surface area contributed by atoms with Crippen LogP contribution in [0.15, 0.2) is 0 Å². The fourth-order valence-electron chi connectivity index (χ4n) is 3.94. The highest BCUT2D eigenvalue weighted by Crippen LogP contribution is 2.20. The number of halogens is 1. The summed E-state index contributed by atoms with van der Waals surface area (Å²) in [5.74, 6) is 0.261. The van der Waals surface area contributed by atoms with Gasteiger partial charge in [0.05, 0.1) is 5.75 Å². The molecule has 27 heavy (non-hydrogen) atoms.